The van der Waals surface area contributed by atoms with E-state index >= 15 is 0 Å². The Morgan fingerprint density at radius 2 is 1.85 bits per heavy atom. The number of hydrogen-bond acceptors (Lipinski definition) is 3. The summed E-state index contributed by atoms with van der Waals surface area (Å²) in [6, 6.07) is 17.8. The molecule has 0 saturated heterocycles. The van der Waals surface area contributed by atoms with E-state index in [-0.39, 0.29) is 18.1 Å². The van der Waals surface area contributed by atoms with Crippen LogP contribution in [0.25, 0.3) is 0 Å². The summed E-state index contributed by atoms with van der Waals surface area (Å²) in [6.07, 6.45) is 0. The lowest BCUT2D eigenvalue weighted by Crippen LogP contribution is -1.99. The number of nitrogens with zero attached hydrogens (tertiary/aromatic N) is 1. The zero-order valence-corrected chi connectivity index (χ0v) is 15.6. The van der Waals surface area contributed by atoms with Crippen molar-refractivity contribution in [3.05, 3.63) is 104 Å². The summed E-state index contributed by atoms with van der Waals surface area (Å²) < 4.78 is 19.7. The Hall–Kier alpha value is -3.17. The van der Waals surface area contributed by atoms with E-state index in [0.717, 1.165) is 11.1 Å². The number of non-ortho nitro benzene ring substituents is 1. The van der Waals surface area contributed by atoms with Crippen molar-refractivity contribution in [2.24, 2.45) is 0 Å². The van der Waals surface area contributed by atoms with E-state index in [4.69, 9.17) is 4.74 Å². The van der Waals surface area contributed by atoms with Crippen LogP contribution in [0.4, 0.5) is 10.1 Å². The summed E-state index contributed by atoms with van der Waals surface area (Å²) in [5.74, 6) is 5.97. The molecule has 0 heterocycles. The highest BCUT2D eigenvalue weighted by Gasteiger charge is 2.06. The van der Waals surface area contributed by atoms with Gasteiger partial charge in [0.2, 0.25) is 0 Å². The van der Waals surface area contributed by atoms with Gasteiger partial charge in [-0.15, -0.1) is 0 Å². The molecule has 6 heteroatoms. The van der Waals surface area contributed by atoms with Crippen molar-refractivity contribution in [3.63, 3.8) is 0 Å². The predicted molar refractivity (Wildman–Crippen MR) is 104 cm³/mol. The lowest BCUT2D eigenvalue weighted by Gasteiger charge is -2.09. The fourth-order valence-corrected chi connectivity index (χ4v) is 2.71. The molecule has 0 aliphatic heterocycles. The summed E-state index contributed by atoms with van der Waals surface area (Å²) in [6.45, 7) is 0.210. The highest BCUT2D eigenvalue weighted by molar-refractivity contribution is 9.10. The molecule has 0 atom stereocenters. The molecule has 0 spiro atoms. The van der Waals surface area contributed by atoms with Crippen LogP contribution >= 0.6 is 15.9 Å². The van der Waals surface area contributed by atoms with E-state index in [1.165, 1.54) is 24.3 Å². The average Bonchev–Trinajstić information content (AvgIpc) is 2.68. The molecule has 134 valence electrons. The van der Waals surface area contributed by atoms with Gasteiger partial charge in [-0.25, -0.2) is 4.39 Å². The van der Waals surface area contributed by atoms with Crippen LogP contribution in [0.3, 0.4) is 0 Å². The van der Waals surface area contributed by atoms with Crippen molar-refractivity contribution in [2.75, 3.05) is 0 Å². The van der Waals surface area contributed by atoms with Crippen LogP contribution in [0.15, 0.2) is 71.2 Å². The molecule has 0 saturated carbocycles. The first-order chi connectivity index (χ1) is 13.0. The molecule has 0 aromatic heterocycles. The summed E-state index contributed by atoms with van der Waals surface area (Å²) >= 11 is 3.33. The molecule has 0 N–H and O–H groups in total. The van der Waals surface area contributed by atoms with E-state index in [1.54, 1.807) is 18.2 Å². The molecule has 0 aliphatic carbocycles. The third kappa shape index (κ3) is 4.93. The maximum atomic E-state index is 13.4. The van der Waals surface area contributed by atoms with Gasteiger partial charge in [-0.2, -0.15) is 0 Å². The number of halogens is 2. The highest BCUT2D eigenvalue weighted by Crippen LogP contribution is 2.26. The van der Waals surface area contributed by atoms with E-state index in [9.17, 15) is 14.5 Å². The van der Waals surface area contributed by atoms with Crippen LogP contribution in [0.2, 0.25) is 0 Å². The minimum absolute atomic E-state index is 0.00521. The SMILES string of the molecule is O=[N+]([O-])c1cccc(C#Cc2ccccc2COc2cc(F)ccc2Br)c1. The zero-order valence-electron chi connectivity index (χ0n) is 14.0. The summed E-state index contributed by atoms with van der Waals surface area (Å²) in [5.41, 5.74) is 2.10. The number of nitro groups is 1. The molecular formula is C21H13BrFNO3. The maximum Gasteiger partial charge on any atom is 0.270 e. The largest absolute Gasteiger partial charge is 0.488 e. The van der Waals surface area contributed by atoms with Gasteiger partial charge in [-0.1, -0.05) is 36.1 Å². The lowest BCUT2D eigenvalue weighted by molar-refractivity contribution is -0.384. The molecule has 3 rings (SSSR count). The Morgan fingerprint density at radius 1 is 1.04 bits per heavy atom. The Labute approximate surface area is 163 Å². The Bertz CT molecular complexity index is 1060. The van der Waals surface area contributed by atoms with Gasteiger partial charge in [-0.3, -0.25) is 10.1 Å². The first-order valence-electron chi connectivity index (χ1n) is 7.95. The van der Waals surface area contributed by atoms with Gasteiger partial charge in [0, 0.05) is 34.9 Å². The third-order valence-electron chi connectivity index (χ3n) is 3.69. The number of nitro benzene ring substituents is 1. The first kappa shape index (κ1) is 18.6. The smallest absolute Gasteiger partial charge is 0.270 e. The van der Waals surface area contributed by atoms with Gasteiger partial charge in [-0.05, 0) is 40.2 Å². The highest BCUT2D eigenvalue weighted by atomic mass is 79.9. The molecule has 3 aromatic carbocycles. The summed E-state index contributed by atoms with van der Waals surface area (Å²) in [4.78, 5) is 10.4. The van der Waals surface area contributed by atoms with Crippen molar-refractivity contribution in [1.29, 1.82) is 0 Å². The van der Waals surface area contributed by atoms with E-state index in [0.29, 0.717) is 15.8 Å². The lowest BCUT2D eigenvalue weighted by atomic mass is 10.1. The normalized spacial score (nSPS) is 10.0. The van der Waals surface area contributed by atoms with Crippen molar-refractivity contribution >= 4 is 21.6 Å². The van der Waals surface area contributed by atoms with Crippen molar-refractivity contribution in [3.8, 4) is 17.6 Å². The van der Waals surface area contributed by atoms with Crippen molar-refractivity contribution in [2.45, 2.75) is 6.61 Å². The summed E-state index contributed by atoms with van der Waals surface area (Å²) in [5, 5.41) is 10.9. The molecular weight excluding hydrogens is 413 g/mol. The predicted octanol–water partition coefficient (Wildman–Crippen LogP) is 5.48. The second-order valence-electron chi connectivity index (χ2n) is 5.58. The molecule has 3 aromatic rings. The van der Waals surface area contributed by atoms with E-state index in [1.807, 2.05) is 24.3 Å². The van der Waals surface area contributed by atoms with Crippen molar-refractivity contribution in [1.82, 2.24) is 0 Å². The minimum atomic E-state index is -0.455. The standard InChI is InChI=1S/C21H13BrFNO3/c22-20-11-10-18(23)13-21(20)27-14-17-6-2-1-5-16(17)9-8-15-4-3-7-19(12-15)24(25)26/h1-7,10-13H,14H2. The molecule has 0 bridgehead atoms. The van der Waals surface area contributed by atoms with Gasteiger partial charge in [0.15, 0.2) is 0 Å². The number of hydrogen-bond donors (Lipinski definition) is 0. The van der Waals surface area contributed by atoms with Gasteiger partial charge >= 0.3 is 0 Å². The van der Waals surface area contributed by atoms with Gasteiger partial charge in [0.25, 0.3) is 5.69 Å². The molecule has 4 nitrogen and oxygen atoms in total. The molecule has 0 aliphatic rings. The first-order valence-corrected chi connectivity index (χ1v) is 8.74. The van der Waals surface area contributed by atoms with Crippen LogP contribution in [-0.4, -0.2) is 4.92 Å². The number of ether oxygens (including phenoxy) is 1. The second-order valence-corrected chi connectivity index (χ2v) is 6.43. The monoisotopic (exact) mass is 425 g/mol. The second kappa shape index (κ2) is 8.47. The fraction of sp³-hybridized carbons (Fsp3) is 0.0476. The topological polar surface area (TPSA) is 52.4 Å². The van der Waals surface area contributed by atoms with Gasteiger partial charge in [0.1, 0.15) is 18.2 Å². The molecule has 27 heavy (non-hydrogen) atoms. The molecule has 0 radical (unpaired) electrons. The average molecular weight is 426 g/mol. The Balaban J connectivity index is 1.82. The third-order valence-corrected chi connectivity index (χ3v) is 4.35. The number of rotatable bonds is 4. The van der Waals surface area contributed by atoms with Crippen LogP contribution in [-0.2, 0) is 6.61 Å². The van der Waals surface area contributed by atoms with Gasteiger partial charge in [0.05, 0.1) is 9.40 Å². The van der Waals surface area contributed by atoms with Crippen LogP contribution < -0.4 is 4.74 Å². The van der Waals surface area contributed by atoms with E-state index < -0.39 is 4.92 Å². The maximum absolute atomic E-state index is 13.4. The Morgan fingerprint density at radius 3 is 2.67 bits per heavy atom. The van der Waals surface area contributed by atoms with Crippen LogP contribution in [0.1, 0.15) is 16.7 Å². The fourth-order valence-electron chi connectivity index (χ4n) is 2.35. The van der Waals surface area contributed by atoms with Gasteiger partial charge < -0.3 is 4.74 Å². The van der Waals surface area contributed by atoms with Crippen molar-refractivity contribution < 1.29 is 14.1 Å². The van der Waals surface area contributed by atoms with Crippen LogP contribution in [0, 0.1) is 27.8 Å². The molecule has 0 amide bonds. The Kier molecular flexibility index (Phi) is 5.84. The summed E-state index contributed by atoms with van der Waals surface area (Å²) in [7, 11) is 0. The zero-order chi connectivity index (χ0) is 19.2. The quantitative estimate of drug-likeness (QED) is 0.316. The van der Waals surface area contributed by atoms with E-state index in [2.05, 4.69) is 27.8 Å². The minimum Gasteiger partial charge on any atom is -0.488 e. The molecule has 0 unspecified atom stereocenters. The van der Waals surface area contributed by atoms with Crippen LogP contribution in [0.5, 0.6) is 5.75 Å². The molecule has 0 fully saturated rings. The number of benzene rings is 3.